The largest absolute Gasteiger partial charge is 0.507 e. The van der Waals surface area contributed by atoms with Crippen molar-refractivity contribution >= 4 is 38.1 Å². The number of nitrogens with one attached hydrogen (secondary N) is 1. The molecule has 0 unspecified atom stereocenters. The summed E-state index contributed by atoms with van der Waals surface area (Å²) < 4.78 is 31.7. The van der Waals surface area contributed by atoms with Gasteiger partial charge in [0.25, 0.3) is 5.91 Å². The molecule has 0 aromatic heterocycles. The maximum atomic E-state index is 12.2. The van der Waals surface area contributed by atoms with E-state index in [-0.39, 0.29) is 31.7 Å². The SMILES string of the molecule is NCCCC[C@H](N)C(=O)NS(=O)(=O)O[C@@H]1C[C@@H](C(=O)O)N(Cc2ccc(O)c(Br)c2)C1. The quantitative estimate of drug-likeness (QED) is 0.248. The molecular weight excluding hydrogens is 496 g/mol. The fourth-order valence-corrected chi connectivity index (χ4v) is 4.66. The van der Waals surface area contributed by atoms with Crippen molar-refractivity contribution in [3.05, 3.63) is 28.2 Å². The van der Waals surface area contributed by atoms with Crippen LogP contribution in [0.4, 0.5) is 0 Å². The third-order valence-corrected chi connectivity index (χ3v) is 6.45. The lowest BCUT2D eigenvalue weighted by atomic mass is 10.1. The number of amides is 1. The minimum Gasteiger partial charge on any atom is -0.507 e. The molecule has 2 rings (SSSR count). The number of hydrogen-bond acceptors (Lipinski definition) is 9. The van der Waals surface area contributed by atoms with E-state index in [9.17, 15) is 28.2 Å². The molecule has 1 aliphatic heterocycles. The summed E-state index contributed by atoms with van der Waals surface area (Å²) in [6, 6.07) is 2.75. The van der Waals surface area contributed by atoms with Crippen molar-refractivity contribution in [2.24, 2.45) is 11.5 Å². The van der Waals surface area contributed by atoms with E-state index in [2.05, 4.69) is 15.9 Å². The lowest BCUT2D eigenvalue weighted by Crippen LogP contribution is -2.45. The van der Waals surface area contributed by atoms with Crippen LogP contribution < -0.4 is 16.2 Å². The minimum absolute atomic E-state index is 0.0209. The van der Waals surface area contributed by atoms with Gasteiger partial charge in [0, 0.05) is 19.5 Å². The highest BCUT2D eigenvalue weighted by Gasteiger charge is 2.40. The Morgan fingerprint density at radius 1 is 1.35 bits per heavy atom. The Morgan fingerprint density at radius 3 is 2.68 bits per heavy atom. The Hall–Kier alpha value is -1.77. The topological polar surface area (TPSA) is 185 Å². The summed E-state index contributed by atoms with van der Waals surface area (Å²) in [6.45, 7) is 0.668. The second-order valence-corrected chi connectivity index (χ2v) is 9.49. The molecule has 0 bridgehead atoms. The van der Waals surface area contributed by atoms with Crippen molar-refractivity contribution in [3.8, 4) is 5.75 Å². The van der Waals surface area contributed by atoms with E-state index in [0.717, 1.165) is 5.56 Å². The molecule has 1 fully saturated rings. The van der Waals surface area contributed by atoms with Crippen molar-refractivity contribution in [1.82, 2.24) is 9.62 Å². The number of aromatic hydroxyl groups is 1. The van der Waals surface area contributed by atoms with Crippen LogP contribution in [0, 0.1) is 0 Å². The molecule has 1 amide bonds. The maximum Gasteiger partial charge on any atom is 0.362 e. The summed E-state index contributed by atoms with van der Waals surface area (Å²) in [6.07, 6.45) is 0.485. The number of benzene rings is 1. The number of carboxylic acids is 1. The van der Waals surface area contributed by atoms with Gasteiger partial charge in [-0.2, -0.15) is 8.42 Å². The van der Waals surface area contributed by atoms with Gasteiger partial charge in [-0.1, -0.05) is 12.5 Å². The molecule has 31 heavy (non-hydrogen) atoms. The highest BCUT2D eigenvalue weighted by atomic mass is 79.9. The molecule has 0 spiro atoms. The Bertz CT molecular complexity index is 899. The first-order chi connectivity index (χ1) is 14.5. The van der Waals surface area contributed by atoms with Gasteiger partial charge in [-0.3, -0.25) is 14.5 Å². The van der Waals surface area contributed by atoms with E-state index in [4.69, 9.17) is 15.7 Å². The zero-order valence-corrected chi connectivity index (χ0v) is 19.1. The third kappa shape index (κ3) is 7.70. The van der Waals surface area contributed by atoms with Crippen molar-refractivity contribution in [1.29, 1.82) is 0 Å². The monoisotopic (exact) mass is 522 g/mol. The molecule has 7 N–H and O–H groups in total. The van der Waals surface area contributed by atoms with Crippen molar-refractivity contribution in [2.45, 2.75) is 50.4 Å². The van der Waals surface area contributed by atoms with E-state index in [1.54, 1.807) is 21.8 Å². The number of carboxylic acid groups (broad SMARTS) is 1. The molecule has 1 saturated heterocycles. The molecule has 13 heteroatoms. The van der Waals surface area contributed by atoms with Crippen molar-refractivity contribution in [2.75, 3.05) is 13.1 Å². The molecule has 0 aliphatic carbocycles. The normalized spacial score (nSPS) is 20.5. The van der Waals surface area contributed by atoms with Crippen LogP contribution in [0.2, 0.25) is 0 Å². The van der Waals surface area contributed by atoms with Crippen LogP contribution in [0.3, 0.4) is 0 Å². The number of nitrogens with zero attached hydrogens (tertiary/aromatic N) is 1. The fraction of sp³-hybridized carbons (Fsp3) is 0.556. The van der Waals surface area contributed by atoms with Gasteiger partial charge >= 0.3 is 16.3 Å². The molecule has 1 aromatic rings. The zero-order valence-electron chi connectivity index (χ0n) is 16.7. The summed E-state index contributed by atoms with van der Waals surface area (Å²) in [5.74, 6) is -1.97. The Labute approximate surface area is 189 Å². The summed E-state index contributed by atoms with van der Waals surface area (Å²) in [5.41, 5.74) is 11.8. The van der Waals surface area contributed by atoms with E-state index >= 15 is 0 Å². The highest BCUT2D eigenvalue weighted by Crippen LogP contribution is 2.28. The number of carbonyl (C=O) groups excluding carboxylic acids is 1. The first kappa shape index (κ1) is 25.5. The van der Waals surface area contributed by atoms with Gasteiger partial charge in [-0.05, 0) is 53.0 Å². The number of phenols is 1. The smallest absolute Gasteiger partial charge is 0.362 e. The predicted octanol–water partition coefficient (Wildman–Crippen LogP) is 0.0161. The molecule has 3 atom stereocenters. The second-order valence-electron chi connectivity index (χ2n) is 7.33. The van der Waals surface area contributed by atoms with Gasteiger partial charge in [-0.25, -0.2) is 8.91 Å². The van der Waals surface area contributed by atoms with Crippen LogP contribution in [0.15, 0.2) is 22.7 Å². The van der Waals surface area contributed by atoms with Crippen molar-refractivity contribution < 1.29 is 32.4 Å². The standard InChI is InChI=1S/C18H27BrN4O7S/c19-13-7-11(4-5-16(13)24)9-23-10-12(8-15(23)18(26)27)30-31(28,29)22-17(25)14(21)3-1-2-6-20/h4-5,7,12,14-15,24H,1-3,6,8-10,20-21H2,(H,22,25)(H,26,27)/t12-,14+,15+/m1/s1. The van der Waals surface area contributed by atoms with Crippen LogP contribution in [0.1, 0.15) is 31.2 Å². The molecule has 11 nitrogen and oxygen atoms in total. The lowest BCUT2D eigenvalue weighted by Gasteiger charge is -2.21. The molecule has 0 radical (unpaired) electrons. The molecule has 1 aliphatic rings. The van der Waals surface area contributed by atoms with Gasteiger partial charge in [0.1, 0.15) is 11.8 Å². The first-order valence-corrected chi connectivity index (χ1v) is 11.9. The average molecular weight is 523 g/mol. The Morgan fingerprint density at radius 2 is 2.06 bits per heavy atom. The minimum atomic E-state index is -4.46. The van der Waals surface area contributed by atoms with Crippen LogP contribution in [-0.2, 0) is 30.6 Å². The van der Waals surface area contributed by atoms with Crippen LogP contribution in [0.25, 0.3) is 0 Å². The first-order valence-electron chi connectivity index (χ1n) is 9.67. The average Bonchev–Trinajstić information content (AvgIpc) is 3.06. The Balaban J connectivity index is 1.98. The Kier molecular flexibility index (Phi) is 9.21. The number of likely N-dealkylation sites (tertiary alicyclic amines) is 1. The number of unbranched alkanes of at least 4 members (excludes halogenated alkanes) is 1. The van der Waals surface area contributed by atoms with E-state index < -0.39 is 40.4 Å². The van der Waals surface area contributed by atoms with Gasteiger partial charge in [0.15, 0.2) is 0 Å². The van der Waals surface area contributed by atoms with Gasteiger partial charge in [0.2, 0.25) is 0 Å². The van der Waals surface area contributed by atoms with Crippen LogP contribution in [0.5, 0.6) is 5.75 Å². The van der Waals surface area contributed by atoms with Gasteiger partial charge in [-0.15, -0.1) is 0 Å². The van der Waals surface area contributed by atoms with E-state index in [1.165, 1.54) is 6.07 Å². The zero-order chi connectivity index (χ0) is 23.2. The summed E-state index contributed by atoms with van der Waals surface area (Å²) in [5, 5.41) is 19.1. The fourth-order valence-electron chi connectivity index (χ4n) is 3.29. The highest BCUT2D eigenvalue weighted by molar-refractivity contribution is 9.10. The third-order valence-electron chi connectivity index (χ3n) is 4.84. The molecular formula is C18H27BrN4O7S. The van der Waals surface area contributed by atoms with E-state index in [0.29, 0.717) is 23.9 Å². The predicted molar refractivity (Wildman–Crippen MR) is 115 cm³/mol. The number of carbonyl (C=O) groups is 2. The maximum absolute atomic E-state index is 12.2. The number of aliphatic carboxylic acids is 1. The van der Waals surface area contributed by atoms with E-state index in [1.807, 2.05) is 0 Å². The summed E-state index contributed by atoms with van der Waals surface area (Å²) in [7, 11) is -4.46. The number of nitrogens with two attached hydrogens (primary N) is 2. The van der Waals surface area contributed by atoms with Gasteiger partial charge < -0.3 is 21.7 Å². The summed E-state index contributed by atoms with van der Waals surface area (Å²) in [4.78, 5) is 25.2. The van der Waals surface area contributed by atoms with Gasteiger partial charge in [0.05, 0.1) is 16.6 Å². The lowest BCUT2D eigenvalue weighted by molar-refractivity contribution is -0.142. The second kappa shape index (κ2) is 11.2. The summed E-state index contributed by atoms with van der Waals surface area (Å²) >= 11 is 3.20. The molecule has 1 aromatic carbocycles. The van der Waals surface area contributed by atoms with Crippen LogP contribution >= 0.6 is 15.9 Å². The number of halogens is 1. The number of phenolic OH excluding ortho intramolecular Hbond substituents is 1. The number of hydrogen-bond donors (Lipinski definition) is 5. The van der Waals surface area contributed by atoms with Crippen molar-refractivity contribution in [3.63, 3.8) is 0 Å². The number of rotatable bonds is 11. The van der Waals surface area contributed by atoms with Crippen LogP contribution in [-0.4, -0.2) is 66.7 Å². The molecule has 0 saturated carbocycles. The molecule has 174 valence electrons. The molecule has 1 heterocycles.